The highest BCUT2D eigenvalue weighted by Crippen LogP contribution is 2.19. The van der Waals surface area contributed by atoms with Crippen LogP contribution in [0.2, 0.25) is 0 Å². The average Bonchev–Trinajstić information content (AvgIpc) is 2.03. The van der Waals surface area contributed by atoms with Crippen LogP contribution in [0.3, 0.4) is 0 Å². The second-order valence-electron chi connectivity index (χ2n) is 2.11. The Morgan fingerprint density at radius 3 is 2.77 bits per heavy atom. The molecule has 0 aliphatic carbocycles. The summed E-state index contributed by atoms with van der Waals surface area (Å²) in [7, 11) is 0. The van der Waals surface area contributed by atoms with E-state index in [1.165, 1.54) is 0 Å². The molecular weight excluding hydrogens is 187 g/mol. The molecule has 0 bridgehead atoms. The van der Waals surface area contributed by atoms with Crippen LogP contribution in [-0.2, 0) is 6.61 Å². The summed E-state index contributed by atoms with van der Waals surface area (Å²) in [6.07, 6.45) is 0.978. The minimum atomic E-state index is -3.08. The maximum atomic E-state index is 12.8. The molecule has 0 amide bonds. The third-order valence-electron chi connectivity index (χ3n) is 1.32. The Morgan fingerprint density at radius 1 is 1.54 bits per heavy atom. The van der Waals surface area contributed by atoms with E-state index in [0.29, 0.717) is 0 Å². The van der Waals surface area contributed by atoms with Gasteiger partial charge in [0.05, 0.1) is 12.2 Å². The van der Waals surface area contributed by atoms with E-state index in [2.05, 4.69) is 9.72 Å². The Labute approximate surface area is 71.8 Å². The lowest BCUT2D eigenvalue weighted by atomic mass is 10.3. The Hall–Kier alpha value is -1.30. The monoisotopic (exact) mass is 193 g/mol. The molecule has 1 heterocycles. The molecule has 0 spiro atoms. The van der Waals surface area contributed by atoms with Crippen LogP contribution in [-0.4, -0.2) is 16.7 Å². The molecule has 0 fully saturated rings. The number of aliphatic hydroxyl groups excluding tert-OH is 1. The maximum Gasteiger partial charge on any atom is 0.388 e. The van der Waals surface area contributed by atoms with E-state index in [4.69, 9.17) is 5.11 Å². The standard InChI is InChI=1S/C7H6F3NO2/c8-5-1-2-11-6(4(5)3-12)13-7(9)10/h1-2,7,12H,3H2. The summed E-state index contributed by atoms with van der Waals surface area (Å²) in [5.41, 5.74) is -0.372. The molecule has 72 valence electrons. The average molecular weight is 193 g/mol. The van der Waals surface area contributed by atoms with Gasteiger partial charge in [-0.25, -0.2) is 9.37 Å². The molecule has 0 unspecified atom stereocenters. The molecular formula is C7H6F3NO2. The van der Waals surface area contributed by atoms with Gasteiger partial charge in [-0.05, 0) is 6.07 Å². The predicted molar refractivity (Wildman–Crippen MR) is 36.7 cm³/mol. The number of alkyl halides is 2. The minimum absolute atomic E-state index is 0.372. The lowest BCUT2D eigenvalue weighted by Crippen LogP contribution is -2.07. The summed E-state index contributed by atoms with van der Waals surface area (Å²) in [5.74, 6) is -1.41. The Morgan fingerprint density at radius 2 is 2.23 bits per heavy atom. The molecule has 0 aliphatic heterocycles. The number of nitrogens with zero attached hydrogens (tertiary/aromatic N) is 1. The first-order valence-electron chi connectivity index (χ1n) is 3.34. The highest BCUT2D eigenvalue weighted by atomic mass is 19.3. The molecule has 1 rings (SSSR count). The van der Waals surface area contributed by atoms with Gasteiger partial charge in [0.1, 0.15) is 5.82 Å². The lowest BCUT2D eigenvalue weighted by Gasteiger charge is -2.07. The number of halogens is 3. The Balaban J connectivity index is 2.98. The lowest BCUT2D eigenvalue weighted by molar-refractivity contribution is -0.0542. The van der Waals surface area contributed by atoms with Gasteiger partial charge in [0.2, 0.25) is 5.88 Å². The van der Waals surface area contributed by atoms with Crippen LogP contribution < -0.4 is 4.74 Å². The van der Waals surface area contributed by atoms with Crippen molar-refractivity contribution in [3.8, 4) is 5.88 Å². The number of rotatable bonds is 3. The van der Waals surface area contributed by atoms with Crippen molar-refractivity contribution in [2.75, 3.05) is 0 Å². The highest BCUT2D eigenvalue weighted by molar-refractivity contribution is 5.26. The topological polar surface area (TPSA) is 42.4 Å². The van der Waals surface area contributed by atoms with Crippen LogP contribution in [0.5, 0.6) is 5.88 Å². The molecule has 1 aromatic heterocycles. The number of aliphatic hydroxyl groups is 1. The molecule has 0 saturated carbocycles. The van der Waals surface area contributed by atoms with Crippen molar-refractivity contribution < 1.29 is 23.0 Å². The predicted octanol–water partition coefficient (Wildman–Crippen LogP) is 1.31. The summed E-state index contributed by atoms with van der Waals surface area (Å²) < 4.78 is 40.1. The number of hydrogen-bond acceptors (Lipinski definition) is 3. The van der Waals surface area contributed by atoms with Gasteiger partial charge in [-0.15, -0.1) is 0 Å². The van der Waals surface area contributed by atoms with Gasteiger partial charge in [-0.1, -0.05) is 0 Å². The van der Waals surface area contributed by atoms with Crippen molar-refractivity contribution in [1.82, 2.24) is 4.98 Å². The molecule has 6 heteroatoms. The largest absolute Gasteiger partial charge is 0.416 e. The van der Waals surface area contributed by atoms with Crippen molar-refractivity contribution in [2.24, 2.45) is 0 Å². The van der Waals surface area contributed by atoms with Crippen LogP contribution >= 0.6 is 0 Å². The van der Waals surface area contributed by atoms with Crippen molar-refractivity contribution in [3.63, 3.8) is 0 Å². The van der Waals surface area contributed by atoms with Gasteiger partial charge in [0.15, 0.2) is 0 Å². The maximum absolute atomic E-state index is 12.8. The zero-order chi connectivity index (χ0) is 9.84. The van der Waals surface area contributed by atoms with Crippen molar-refractivity contribution in [3.05, 3.63) is 23.6 Å². The third kappa shape index (κ3) is 2.32. The van der Waals surface area contributed by atoms with Crippen molar-refractivity contribution >= 4 is 0 Å². The molecule has 1 N–H and O–H groups in total. The molecule has 1 aromatic rings. The number of aromatic nitrogens is 1. The first-order valence-corrected chi connectivity index (χ1v) is 3.34. The fourth-order valence-electron chi connectivity index (χ4n) is 0.780. The van der Waals surface area contributed by atoms with E-state index in [-0.39, 0.29) is 5.56 Å². The van der Waals surface area contributed by atoms with Crippen LogP contribution in [0.1, 0.15) is 5.56 Å². The van der Waals surface area contributed by atoms with Crippen LogP contribution in [0.4, 0.5) is 13.2 Å². The molecule has 0 aromatic carbocycles. The highest BCUT2D eigenvalue weighted by Gasteiger charge is 2.13. The molecule has 0 radical (unpaired) electrons. The van der Waals surface area contributed by atoms with Gasteiger partial charge >= 0.3 is 6.61 Å². The van der Waals surface area contributed by atoms with Crippen LogP contribution in [0.15, 0.2) is 12.3 Å². The van der Waals surface area contributed by atoms with Crippen LogP contribution in [0, 0.1) is 5.82 Å². The first kappa shape index (κ1) is 9.79. The fraction of sp³-hybridized carbons (Fsp3) is 0.286. The van der Waals surface area contributed by atoms with Crippen molar-refractivity contribution in [2.45, 2.75) is 13.2 Å². The molecule has 13 heavy (non-hydrogen) atoms. The summed E-state index contributed by atoms with van der Waals surface area (Å²) in [5, 5.41) is 8.61. The number of ether oxygens (including phenoxy) is 1. The molecule has 0 aliphatic rings. The van der Waals surface area contributed by atoms with E-state index in [9.17, 15) is 13.2 Å². The van der Waals surface area contributed by atoms with Crippen molar-refractivity contribution in [1.29, 1.82) is 0 Å². The van der Waals surface area contributed by atoms with E-state index in [1.807, 2.05) is 0 Å². The minimum Gasteiger partial charge on any atom is -0.416 e. The van der Waals surface area contributed by atoms with E-state index in [1.54, 1.807) is 0 Å². The Bertz CT molecular complexity index is 293. The second-order valence-corrected chi connectivity index (χ2v) is 2.11. The third-order valence-corrected chi connectivity index (χ3v) is 1.32. The zero-order valence-corrected chi connectivity index (χ0v) is 6.38. The van der Waals surface area contributed by atoms with Gasteiger partial charge in [-0.3, -0.25) is 0 Å². The van der Waals surface area contributed by atoms with Gasteiger partial charge in [-0.2, -0.15) is 8.78 Å². The van der Waals surface area contributed by atoms with E-state index >= 15 is 0 Å². The van der Waals surface area contributed by atoms with Gasteiger partial charge in [0.25, 0.3) is 0 Å². The first-order chi connectivity index (χ1) is 6.15. The summed E-state index contributed by atoms with van der Waals surface area (Å²) in [4.78, 5) is 3.35. The molecule has 0 saturated heterocycles. The second kappa shape index (κ2) is 4.08. The van der Waals surface area contributed by atoms with Gasteiger partial charge < -0.3 is 9.84 Å². The Kier molecular flexibility index (Phi) is 3.07. The summed E-state index contributed by atoms with van der Waals surface area (Å²) >= 11 is 0. The normalized spacial score (nSPS) is 10.5. The summed E-state index contributed by atoms with van der Waals surface area (Å²) in [6, 6.07) is 0.948. The fourth-order valence-corrected chi connectivity index (χ4v) is 0.780. The quantitative estimate of drug-likeness (QED) is 0.787. The van der Waals surface area contributed by atoms with E-state index < -0.39 is 24.9 Å². The number of pyridine rings is 1. The van der Waals surface area contributed by atoms with E-state index in [0.717, 1.165) is 12.3 Å². The zero-order valence-electron chi connectivity index (χ0n) is 6.38. The SMILES string of the molecule is OCc1c(F)ccnc1OC(F)F. The van der Waals surface area contributed by atoms with Crippen LogP contribution in [0.25, 0.3) is 0 Å². The smallest absolute Gasteiger partial charge is 0.388 e. The summed E-state index contributed by atoms with van der Waals surface area (Å²) in [6.45, 7) is -3.82. The number of hydrogen-bond donors (Lipinski definition) is 1. The van der Waals surface area contributed by atoms with Gasteiger partial charge in [0, 0.05) is 6.20 Å². The molecule has 3 nitrogen and oxygen atoms in total. The molecule has 0 atom stereocenters.